The van der Waals surface area contributed by atoms with E-state index in [2.05, 4.69) is 24.5 Å². The Morgan fingerprint density at radius 3 is 2.62 bits per heavy atom. The Labute approximate surface area is 80.3 Å². The molecule has 1 aliphatic rings. The van der Waals surface area contributed by atoms with E-state index in [0.717, 1.165) is 12.3 Å². The zero-order chi connectivity index (χ0) is 9.84. The van der Waals surface area contributed by atoms with Crippen LogP contribution in [0, 0.1) is 11.8 Å². The number of hydrogen-bond donors (Lipinski definition) is 2. The van der Waals surface area contributed by atoms with Crippen molar-refractivity contribution in [2.45, 2.75) is 39.2 Å². The molecule has 0 heterocycles. The standard InChI is InChI=1S/C10H20N2O/c1-4-8-5-6-9(7(8)2)12-10(13)11-3/h7-9H,4-6H2,1-3H3,(H2,11,12,13). The summed E-state index contributed by atoms with van der Waals surface area (Å²) >= 11 is 0. The van der Waals surface area contributed by atoms with Gasteiger partial charge in [-0.05, 0) is 24.7 Å². The molecule has 13 heavy (non-hydrogen) atoms. The van der Waals surface area contributed by atoms with Crippen molar-refractivity contribution in [1.29, 1.82) is 0 Å². The average molecular weight is 184 g/mol. The van der Waals surface area contributed by atoms with Crippen LogP contribution in [0.4, 0.5) is 4.79 Å². The molecule has 2 amide bonds. The highest BCUT2D eigenvalue weighted by atomic mass is 16.2. The Morgan fingerprint density at radius 1 is 1.46 bits per heavy atom. The molecule has 0 aromatic heterocycles. The second kappa shape index (κ2) is 4.49. The molecule has 0 aromatic carbocycles. The van der Waals surface area contributed by atoms with Crippen molar-refractivity contribution in [2.75, 3.05) is 7.05 Å². The van der Waals surface area contributed by atoms with Crippen LogP contribution in [0.15, 0.2) is 0 Å². The summed E-state index contributed by atoms with van der Waals surface area (Å²) in [6.07, 6.45) is 3.62. The fourth-order valence-corrected chi connectivity index (χ4v) is 2.27. The van der Waals surface area contributed by atoms with E-state index >= 15 is 0 Å². The molecule has 3 unspecified atom stereocenters. The lowest BCUT2D eigenvalue weighted by Gasteiger charge is -2.20. The maximum Gasteiger partial charge on any atom is 0.314 e. The van der Waals surface area contributed by atoms with Crippen molar-refractivity contribution < 1.29 is 4.79 Å². The SMILES string of the molecule is CCC1CCC(NC(=O)NC)C1C. The molecule has 3 nitrogen and oxygen atoms in total. The van der Waals surface area contributed by atoms with Crippen molar-refractivity contribution in [3.05, 3.63) is 0 Å². The number of nitrogens with one attached hydrogen (secondary N) is 2. The fourth-order valence-electron chi connectivity index (χ4n) is 2.27. The first-order valence-corrected chi connectivity index (χ1v) is 5.17. The van der Waals surface area contributed by atoms with E-state index in [4.69, 9.17) is 0 Å². The third kappa shape index (κ3) is 2.36. The van der Waals surface area contributed by atoms with Crippen molar-refractivity contribution in [2.24, 2.45) is 11.8 Å². The Balaban J connectivity index is 2.40. The van der Waals surface area contributed by atoms with Crippen LogP contribution in [0.1, 0.15) is 33.1 Å². The predicted molar refractivity (Wildman–Crippen MR) is 53.6 cm³/mol. The highest BCUT2D eigenvalue weighted by Gasteiger charge is 2.32. The molecule has 3 heteroatoms. The van der Waals surface area contributed by atoms with Gasteiger partial charge in [0.1, 0.15) is 0 Å². The summed E-state index contributed by atoms with van der Waals surface area (Å²) in [5.74, 6) is 1.42. The topological polar surface area (TPSA) is 41.1 Å². The summed E-state index contributed by atoms with van der Waals surface area (Å²) in [4.78, 5) is 11.1. The molecule has 1 rings (SSSR count). The maximum atomic E-state index is 11.1. The van der Waals surface area contributed by atoms with E-state index in [0.29, 0.717) is 12.0 Å². The summed E-state index contributed by atoms with van der Waals surface area (Å²) in [6, 6.07) is 0.332. The zero-order valence-electron chi connectivity index (χ0n) is 8.76. The van der Waals surface area contributed by atoms with Gasteiger partial charge < -0.3 is 10.6 Å². The lowest BCUT2D eigenvalue weighted by atomic mass is 9.94. The molecule has 0 saturated heterocycles. The van der Waals surface area contributed by atoms with Gasteiger partial charge in [-0.3, -0.25) is 0 Å². The number of hydrogen-bond acceptors (Lipinski definition) is 1. The summed E-state index contributed by atoms with van der Waals surface area (Å²) in [5, 5.41) is 5.59. The first kappa shape index (κ1) is 10.4. The van der Waals surface area contributed by atoms with Gasteiger partial charge in [-0.25, -0.2) is 4.79 Å². The third-order valence-corrected chi connectivity index (χ3v) is 3.29. The van der Waals surface area contributed by atoms with Crippen LogP contribution in [0.2, 0.25) is 0 Å². The monoisotopic (exact) mass is 184 g/mol. The van der Waals surface area contributed by atoms with E-state index in [1.54, 1.807) is 7.05 Å². The largest absolute Gasteiger partial charge is 0.341 e. The lowest BCUT2D eigenvalue weighted by molar-refractivity contribution is 0.234. The lowest BCUT2D eigenvalue weighted by Crippen LogP contribution is -2.42. The second-order valence-electron chi connectivity index (χ2n) is 3.93. The van der Waals surface area contributed by atoms with E-state index in [-0.39, 0.29) is 6.03 Å². The number of urea groups is 1. The van der Waals surface area contributed by atoms with Gasteiger partial charge in [-0.1, -0.05) is 20.3 Å². The number of amides is 2. The Hall–Kier alpha value is -0.730. The normalized spacial score (nSPS) is 33.0. The smallest absolute Gasteiger partial charge is 0.314 e. The minimum Gasteiger partial charge on any atom is -0.341 e. The summed E-state index contributed by atoms with van der Waals surface area (Å²) in [7, 11) is 1.66. The van der Waals surface area contributed by atoms with E-state index in [1.165, 1.54) is 12.8 Å². The van der Waals surface area contributed by atoms with Gasteiger partial charge in [0.05, 0.1) is 0 Å². The highest BCUT2D eigenvalue weighted by Crippen LogP contribution is 2.33. The van der Waals surface area contributed by atoms with Gasteiger partial charge in [0, 0.05) is 13.1 Å². The molecule has 2 N–H and O–H groups in total. The van der Waals surface area contributed by atoms with Crippen LogP contribution in [-0.2, 0) is 0 Å². The summed E-state index contributed by atoms with van der Waals surface area (Å²) in [5.41, 5.74) is 0. The predicted octanol–water partition coefficient (Wildman–Crippen LogP) is 1.74. The van der Waals surface area contributed by atoms with Crippen LogP contribution in [-0.4, -0.2) is 19.1 Å². The minimum atomic E-state index is -0.0476. The molecule has 1 saturated carbocycles. The van der Waals surface area contributed by atoms with Gasteiger partial charge in [-0.2, -0.15) is 0 Å². The highest BCUT2D eigenvalue weighted by molar-refractivity contribution is 5.73. The molecule has 1 aliphatic carbocycles. The van der Waals surface area contributed by atoms with Gasteiger partial charge in [0.2, 0.25) is 0 Å². The van der Waals surface area contributed by atoms with Gasteiger partial charge >= 0.3 is 6.03 Å². The van der Waals surface area contributed by atoms with Crippen molar-refractivity contribution in [1.82, 2.24) is 10.6 Å². The molecular weight excluding hydrogens is 164 g/mol. The quantitative estimate of drug-likeness (QED) is 0.674. The Kier molecular flexibility index (Phi) is 3.58. The van der Waals surface area contributed by atoms with Crippen LogP contribution in [0.5, 0.6) is 0 Å². The Bertz CT molecular complexity index is 182. The molecule has 0 spiro atoms. The van der Waals surface area contributed by atoms with Gasteiger partial charge in [-0.15, -0.1) is 0 Å². The molecular formula is C10H20N2O. The fraction of sp³-hybridized carbons (Fsp3) is 0.900. The third-order valence-electron chi connectivity index (χ3n) is 3.29. The maximum absolute atomic E-state index is 11.1. The van der Waals surface area contributed by atoms with Crippen molar-refractivity contribution >= 4 is 6.03 Å². The van der Waals surface area contributed by atoms with Gasteiger partial charge in [0.15, 0.2) is 0 Å². The molecule has 0 aliphatic heterocycles. The number of carbonyl (C=O) groups excluding carboxylic acids is 1. The van der Waals surface area contributed by atoms with Crippen LogP contribution in [0.3, 0.4) is 0 Å². The van der Waals surface area contributed by atoms with Gasteiger partial charge in [0.25, 0.3) is 0 Å². The summed E-state index contributed by atoms with van der Waals surface area (Å²) < 4.78 is 0. The van der Waals surface area contributed by atoms with Crippen LogP contribution >= 0.6 is 0 Å². The van der Waals surface area contributed by atoms with Crippen molar-refractivity contribution in [3.63, 3.8) is 0 Å². The molecule has 1 fully saturated rings. The van der Waals surface area contributed by atoms with E-state index in [9.17, 15) is 4.79 Å². The molecule has 0 aromatic rings. The number of carbonyl (C=O) groups is 1. The average Bonchev–Trinajstić information content (AvgIpc) is 2.48. The second-order valence-corrected chi connectivity index (χ2v) is 3.93. The van der Waals surface area contributed by atoms with E-state index in [1.807, 2.05) is 0 Å². The molecule has 3 atom stereocenters. The van der Waals surface area contributed by atoms with Crippen LogP contribution < -0.4 is 10.6 Å². The zero-order valence-corrected chi connectivity index (χ0v) is 8.76. The molecule has 0 bridgehead atoms. The molecule has 76 valence electrons. The Morgan fingerprint density at radius 2 is 2.15 bits per heavy atom. The minimum absolute atomic E-state index is 0.0476. The molecule has 0 radical (unpaired) electrons. The van der Waals surface area contributed by atoms with E-state index < -0.39 is 0 Å². The number of rotatable bonds is 2. The van der Waals surface area contributed by atoms with Crippen molar-refractivity contribution in [3.8, 4) is 0 Å². The summed E-state index contributed by atoms with van der Waals surface area (Å²) in [6.45, 7) is 4.46. The first-order valence-electron chi connectivity index (χ1n) is 5.17. The first-order chi connectivity index (χ1) is 6.19. The van der Waals surface area contributed by atoms with Crippen LogP contribution in [0.25, 0.3) is 0 Å².